The maximum absolute atomic E-state index is 12.5. The van der Waals surface area contributed by atoms with Gasteiger partial charge in [0, 0.05) is 43.6 Å². The molecule has 1 aliphatic rings. The molecule has 1 aromatic heterocycles. The molecule has 1 saturated carbocycles. The molecule has 0 saturated heterocycles. The molecule has 0 unspecified atom stereocenters. The molecular formula is C22H30N4O3. The maximum atomic E-state index is 12.5. The van der Waals surface area contributed by atoms with Crippen LogP contribution in [0.3, 0.4) is 0 Å². The zero-order valence-corrected chi connectivity index (χ0v) is 17.3. The van der Waals surface area contributed by atoms with Crippen LogP contribution in [-0.2, 0) is 11.2 Å². The van der Waals surface area contributed by atoms with E-state index in [-0.39, 0.29) is 17.9 Å². The topological polar surface area (TPSA) is 88.3 Å². The Labute approximate surface area is 171 Å². The minimum absolute atomic E-state index is 0.0294. The SMILES string of the molecule is CCC(=O)N(C)CCc1noc(-c2ccc(C(=O)NC3CCCCCC3)cc2)n1. The van der Waals surface area contributed by atoms with Crippen LogP contribution in [0.25, 0.3) is 11.5 Å². The lowest BCUT2D eigenvalue weighted by atomic mass is 10.1. The first-order valence-electron chi connectivity index (χ1n) is 10.5. The summed E-state index contributed by atoms with van der Waals surface area (Å²) in [6, 6.07) is 7.51. The average molecular weight is 399 g/mol. The van der Waals surface area contributed by atoms with Crippen molar-refractivity contribution in [1.82, 2.24) is 20.4 Å². The van der Waals surface area contributed by atoms with Gasteiger partial charge in [-0.1, -0.05) is 37.8 Å². The van der Waals surface area contributed by atoms with Gasteiger partial charge in [-0.25, -0.2) is 0 Å². The number of aromatic nitrogens is 2. The lowest BCUT2D eigenvalue weighted by Gasteiger charge is -2.16. The maximum Gasteiger partial charge on any atom is 0.257 e. The van der Waals surface area contributed by atoms with Crippen molar-refractivity contribution in [3.63, 3.8) is 0 Å². The molecule has 156 valence electrons. The Kier molecular flexibility index (Phi) is 7.38. The Morgan fingerprint density at radius 1 is 1.14 bits per heavy atom. The van der Waals surface area contributed by atoms with Crippen molar-refractivity contribution in [2.75, 3.05) is 13.6 Å². The summed E-state index contributed by atoms with van der Waals surface area (Å²) in [6.45, 7) is 2.39. The molecule has 7 heteroatoms. The van der Waals surface area contributed by atoms with Crippen LogP contribution in [0, 0.1) is 0 Å². The third-order valence-corrected chi connectivity index (χ3v) is 5.45. The van der Waals surface area contributed by atoms with Crippen LogP contribution in [0.4, 0.5) is 0 Å². The number of hydrogen-bond donors (Lipinski definition) is 1. The van der Waals surface area contributed by atoms with Gasteiger partial charge in [-0.2, -0.15) is 4.98 Å². The molecule has 0 spiro atoms. The van der Waals surface area contributed by atoms with Crippen LogP contribution < -0.4 is 5.32 Å². The number of amides is 2. The van der Waals surface area contributed by atoms with Gasteiger partial charge in [-0.15, -0.1) is 0 Å². The average Bonchev–Trinajstić information content (AvgIpc) is 3.08. The van der Waals surface area contributed by atoms with Crippen LogP contribution in [0.5, 0.6) is 0 Å². The standard InChI is InChI=1S/C22H30N4O3/c1-3-20(27)26(2)15-14-19-24-22(29-25-19)17-12-10-16(11-13-17)21(28)23-18-8-6-4-5-7-9-18/h10-13,18H,3-9,14-15H2,1-2H3,(H,23,28). The molecule has 0 bridgehead atoms. The molecule has 1 N–H and O–H groups in total. The number of rotatable bonds is 7. The molecule has 2 amide bonds. The second kappa shape index (κ2) is 10.2. The smallest absolute Gasteiger partial charge is 0.257 e. The van der Waals surface area contributed by atoms with Crippen LogP contribution >= 0.6 is 0 Å². The minimum Gasteiger partial charge on any atom is -0.349 e. The molecule has 0 aliphatic heterocycles. The molecule has 1 aromatic carbocycles. The van der Waals surface area contributed by atoms with E-state index >= 15 is 0 Å². The molecule has 1 fully saturated rings. The summed E-state index contributed by atoms with van der Waals surface area (Å²) >= 11 is 0. The van der Waals surface area contributed by atoms with Gasteiger partial charge in [-0.3, -0.25) is 9.59 Å². The van der Waals surface area contributed by atoms with Crippen molar-refractivity contribution in [1.29, 1.82) is 0 Å². The predicted molar refractivity (Wildman–Crippen MR) is 110 cm³/mol. The molecule has 2 aromatic rings. The summed E-state index contributed by atoms with van der Waals surface area (Å²) in [7, 11) is 1.77. The summed E-state index contributed by atoms with van der Waals surface area (Å²) < 4.78 is 5.34. The van der Waals surface area contributed by atoms with E-state index in [1.165, 1.54) is 25.7 Å². The van der Waals surface area contributed by atoms with Gasteiger partial charge in [-0.05, 0) is 37.1 Å². The lowest BCUT2D eigenvalue weighted by molar-refractivity contribution is -0.129. The van der Waals surface area contributed by atoms with E-state index < -0.39 is 0 Å². The molecule has 1 heterocycles. The van der Waals surface area contributed by atoms with E-state index in [9.17, 15) is 9.59 Å². The quantitative estimate of drug-likeness (QED) is 0.720. The fourth-order valence-corrected chi connectivity index (χ4v) is 3.59. The molecule has 0 atom stereocenters. The Bertz CT molecular complexity index is 808. The fraction of sp³-hybridized carbons (Fsp3) is 0.545. The Balaban J connectivity index is 1.56. The third kappa shape index (κ3) is 5.89. The van der Waals surface area contributed by atoms with Gasteiger partial charge in [0.2, 0.25) is 5.91 Å². The van der Waals surface area contributed by atoms with E-state index in [2.05, 4.69) is 15.5 Å². The number of hydrogen-bond acceptors (Lipinski definition) is 5. The van der Waals surface area contributed by atoms with E-state index in [0.717, 1.165) is 18.4 Å². The van der Waals surface area contributed by atoms with Crippen LogP contribution in [0.15, 0.2) is 28.8 Å². The minimum atomic E-state index is -0.0294. The number of nitrogens with one attached hydrogen (secondary N) is 1. The van der Waals surface area contributed by atoms with Gasteiger partial charge in [0.05, 0.1) is 0 Å². The monoisotopic (exact) mass is 398 g/mol. The number of nitrogens with zero attached hydrogens (tertiary/aromatic N) is 3. The highest BCUT2D eigenvalue weighted by Gasteiger charge is 2.16. The molecule has 1 aliphatic carbocycles. The van der Waals surface area contributed by atoms with Crippen LogP contribution in [0.1, 0.15) is 68.1 Å². The van der Waals surface area contributed by atoms with Crippen molar-refractivity contribution in [3.8, 4) is 11.5 Å². The highest BCUT2D eigenvalue weighted by molar-refractivity contribution is 5.94. The summed E-state index contributed by atoms with van der Waals surface area (Å²) in [5.74, 6) is 1.04. The number of likely N-dealkylation sites (N-methyl/N-ethyl adjacent to an activating group) is 1. The van der Waals surface area contributed by atoms with Gasteiger partial charge < -0.3 is 14.7 Å². The van der Waals surface area contributed by atoms with Crippen molar-refractivity contribution < 1.29 is 14.1 Å². The molecule has 0 radical (unpaired) electrons. The zero-order valence-electron chi connectivity index (χ0n) is 17.3. The predicted octanol–water partition coefficient (Wildman–Crippen LogP) is 3.60. The Morgan fingerprint density at radius 3 is 2.48 bits per heavy atom. The van der Waals surface area contributed by atoms with Crippen molar-refractivity contribution in [2.24, 2.45) is 0 Å². The zero-order chi connectivity index (χ0) is 20.6. The highest BCUT2D eigenvalue weighted by Crippen LogP contribution is 2.20. The number of carbonyl (C=O) groups excluding carboxylic acids is 2. The van der Waals surface area contributed by atoms with Crippen molar-refractivity contribution in [2.45, 2.75) is 64.3 Å². The van der Waals surface area contributed by atoms with E-state index in [0.29, 0.717) is 36.7 Å². The van der Waals surface area contributed by atoms with Crippen molar-refractivity contribution in [3.05, 3.63) is 35.7 Å². The van der Waals surface area contributed by atoms with Crippen molar-refractivity contribution >= 4 is 11.8 Å². The highest BCUT2D eigenvalue weighted by atomic mass is 16.5. The van der Waals surface area contributed by atoms with Gasteiger partial charge >= 0.3 is 0 Å². The largest absolute Gasteiger partial charge is 0.349 e. The third-order valence-electron chi connectivity index (χ3n) is 5.45. The summed E-state index contributed by atoms with van der Waals surface area (Å²) in [5, 5.41) is 7.15. The first-order valence-corrected chi connectivity index (χ1v) is 10.5. The lowest BCUT2D eigenvalue weighted by Crippen LogP contribution is -2.34. The summed E-state index contributed by atoms with van der Waals surface area (Å²) in [5.41, 5.74) is 1.41. The second-order valence-corrected chi connectivity index (χ2v) is 7.67. The molecule has 29 heavy (non-hydrogen) atoms. The first-order chi connectivity index (χ1) is 14.1. The van der Waals surface area contributed by atoms with E-state index in [4.69, 9.17) is 4.52 Å². The van der Waals surface area contributed by atoms with Gasteiger partial charge in [0.25, 0.3) is 11.8 Å². The van der Waals surface area contributed by atoms with Gasteiger partial charge in [0.1, 0.15) is 0 Å². The molecular weight excluding hydrogens is 368 g/mol. The summed E-state index contributed by atoms with van der Waals surface area (Å²) in [4.78, 5) is 30.2. The fourth-order valence-electron chi connectivity index (χ4n) is 3.59. The Hall–Kier alpha value is -2.70. The summed E-state index contributed by atoms with van der Waals surface area (Å²) in [6.07, 6.45) is 8.04. The normalized spacial score (nSPS) is 15.0. The Morgan fingerprint density at radius 2 is 1.83 bits per heavy atom. The second-order valence-electron chi connectivity index (χ2n) is 7.67. The van der Waals surface area contributed by atoms with E-state index in [1.807, 2.05) is 19.1 Å². The number of benzene rings is 1. The van der Waals surface area contributed by atoms with E-state index in [1.54, 1.807) is 24.1 Å². The number of carbonyl (C=O) groups is 2. The molecule has 7 nitrogen and oxygen atoms in total. The molecule has 3 rings (SSSR count). The van der Waals surface area contributed by atoms with Crippen LogP contribution in [-0.4, -0.2) is 46.5 Å². The van der Waals surface area contributed by atoms with Gasteiger partial charge in [0.15, 0.2) is 5.82 Å². The van der Waals surface area contributed by atoms with Crippen LogP contribution in [0.2, 0.25) is 0 Å². The first kappa shape index (κ1) is 21.0.